The van der Waals surface area contributed by atoms with Crippen molar-refractivity contribution < 1.29 is 9.59 Å². The minimum absolute atomic E-state index is 0.0279. The Hall–Kier alpha value is -3.71. The van der Waals surface area contributed by atoms with Gasteiger partial charge in [-0.3, -0.25) is 9.59 Å². The number of aromatic nitrogens is 2. The number of aryl methyl sites for hydroxylation is 1. The average Bonchev–Trinajstić information content (AvgIpc) is 3.56. The lowest BCUT2D eigenvalue weighted by atomic mass is 10.0. The first-order chi connectivity index (χ1) is 16.6. The molecule has 0 radical (unpaired) electrons. The first-order valence-corrected chi connectivity index (χ1v) is 12.4. The van der Waals surface area contributed by atoms with E-state index in [1.54, 1.807) is 4.68 Å². The van der Waals surface area contributed by atoms with Crippen molar-refractivity contribution in [3.05, 3.63) is 94.3 Å². The Morgan fingerprint density at radius 1 is 1.00 bits per heavy atom. The molecule has 0 aliphatic carbocycles. The van der Waals surface area contributed by atoms with E-state index in [2.05, 4.69) is 5.32 Å². The van der Waals surface area contributed by atoms with Crippen LogP contribution in [0.5, 0.6) is 0 Å². The number of thiophene rings is 1. The van der Waals surface area contributed by atoms with Crippen LogP contribution >= 0.6 is 11.3 Å². The summed E-state index contributed by atoms with van der Waals surface area (Å²) in [6.07, 6.45) is 3.29. The maximum atomic E-state index is 13.6. The van der Waals surface area contributed by atoms with Gasteiger partial charge in [-0.05, 0) is 43.3 Å². The number of nitrogens with zero attached hydrogens (tertiary/aromatic N) is 3. The number of amides is 2. The summed E-state index contributed by atoms with van der Waals surface area (Å²) in [6.45, 7) is 3.23. The summed E-state index contributed by atoms with van der Waals surface area (Å²) < 4.78 is 1.78. The third kappa shape index (κ3) is 4.65. The van der Waals surface area contributed by atoms with E-state index < -0.39 is 0 Å². The molecule has 0 bridgehead atoms. The van der Waals surface area contributed by atoms with E-state index in [1.165, 1.54) is 16.9 Å². The molecule has 1 saturated heterocycles. The molecular formula is C27H26N4O2S. The van der Waals surface area contributed by atoms with Crippen molar-refractivity contribution in [1.82, 2.24) is 20.0 Å². The Morgan fingerprint density at radius 2 is 1.74 bits per heavy atom. The lowest BCUT2D eigenvalue weighted by molar-refractivity contribution is 0.0699. The zero-order chi connectivity index (χ0) is 23.5. The van der Waals surface area contributed by atoms with Gasteiger partial charge in [0, 0.05) is 41.8 Å². The van der Waals surface area contributed by atoms with Gasteiger partial charge in [0.15, 0.2) is 0 Å². The van der Waals surface area contributed by atoms with Crippen LogP contribution in [-0.2, 0) is 0 Å². The van der Waals surface area contributed by atoms with Gasteiger partial charge in [0.05, 0.1) is 11.3 Å². The molecule has 0 spiro atoms. The third-order valence-electron chi connectivity index (χ3n) is 6.19. The van der Waals surface area contributed by atoms with Gasteiger partial charge in [-0.1, -0.05) is 48.0 Å². The molecule has 2 aromatic carbocycles. The van der Waals surface area contributed by atoms with Gasteiger partial charge < -0.3 is 10.2 Å². The van der Waals surface area contributed by atoms with Gasteiger partial charge in [0.1, 0.15) is 5.69 Å². The minimum atomic E-state index is -0.0447. The smallest absolute Gasteiger partial charge is 0.257 e. The molecule has 0 saturated carbocycles. The number of piperidine rings is 1. The highest BCUT2D eigenvalue weighted by Gasteiger charge is 2.28. The summed E-state index contributed by atoms with van der Waals surface area (Å²) in [6, 6.07) is 19.8. The normalized spacial score (nSPS) is 14.2. The van der Waals surface area contributed by atoms with Crippen molar-refractivity contribution in [2.24, 2.45) is 0 Å². The van der Waals surface area contributed by atoms with Gasteiger partial charge in [-0.25, -0.2) is 4.68 Å². The molecule has 7 heteroatoms. The predicted molar refractivity (Wildman–Crippen MR) is 134 cm³/mol. The zero-order valence-electron chi connectivity index (χ0n) is 19.0. The molecule has 1 N–H and O–H groups in total. The number of benzene rings is 2. The molecule has 34 heavy (non-hydrogen) atoms. The van der Waals surface area contributed by atoms with Crippen molar-refractivity contribution in [1.29, 1.82) is 0 Å². The number of carbonyl (C=O) groups excluding carboxylic acids is 2. The van der Waals surface area contributed by atoms with Gasteiger partial charge in [-0.2, -0.15) is 16.4 Å². The highest BCUT2D eigenvalue weighted by Crippen LogP contribution is 2.26. The SMILES string of the molecule is Cc1ccc(-n2cc(C(=O)N3CCC(NC(=O)c4ccsc4)CC3)c(-c3ccccc3)n2)cc1. The van der Waals surface area contributed by atoms with Gasteiger partial charge in [0.25, 0.3) is 11.8 Å². The number of hydrogen-bond donors (Lipinski definition) is 1. The van der Waals surface area contributed by atoms with Crippen LogP contribution < -0.4 is 5.32 Å². The van der Waals surface area contributed by atoms with Crippen LogP contribution in [0.4, 0.5) is 0 Å². The largest absolute Gasteiger partial charge is 0.349 e. The van der Waals surface area contributed by atoms with Crippen molar-refractivity contribution >= 4 is 23.2 Å². The minimum Gasteiger partial charge on any atom is -0.349 e. The monoisotopic (exact) mass is 470 g/mol. The van der Waals surface area contributed by atoms with E-state index in [0.29, 0.717) is 29.9 Å². The zero-order valence-corrected chi connectivity index (χ0v) is 19.8. The molecule has 3 heterocycles. The summed E-state index contributed by atoms with van der Waals surface area (Å²) in [5, 5.41) is 11.6. The molecule has 4 aromatic rings. The Kier molecular flexibility index (Phi) is 6.27. The fraction of sp³-hybridized carbons (Fsp3) is 0.222. The third-order valence-corrected chi connectivity index (χ3v) is 6.87. The number of likely N-dealkylation sites (tertiary alicyclic amines) is 1. The standard InChI is InChI=1S/C27H26N4O2S/c1-19-7-9-23(10-8-19)31-17-24(25(29-31)20-5-3-2-4-6-20)27(33)30-14-11-22(12-15-30)28-26(32)21-13-16-34-18-21/h2-10,13,16-18,22H,11-12,14-15H2,1H3,(H,28,32). The maximum Gasteiger partial charge on any atom is 0.257 e. The molecular weight excluding hydrogens is 444 g/mol. The molecule has 1 aliphatic heterocycles. The first kappa shape index (κ1) is 22.1. The molecule has 2 amide bonds. The summed E-state index contributed by atoms with van der Waals surface area (Å²) in [5.41, 5.74) is 4.96. The summed E-state index contributed by atoms with van der Waals surface area (Å²) >= 11 is 1.51. The van der Waals surface area contributed by atoms with Gasteiger partial charge in [0.2, 0.25) is 0 Å². The number of nitrogens with one attached hydrogen (secondary N) is 1. The highest BCUT2D eigenvalue weighted by atomic mass is 32.1. The fourth-order valence-electron chi connectivity index (χ4n) is 4.23. The first-order valence-electron chi connectivity index (χ1n) is 11.4. The molecule has 0 atom stereocenters. The van der Waals surface area contributed by atoms with Gasteiger partial charge >= 0.3 is 0 Å². The lowest BCUT2D eigenvalue weighted by Crippen LogP contribution is -2.46. The molecule has 172 valence electrons. The summed E-state index contributed by atoms with van der Waals surface area (Å²) in [5.74, 6) is -0.0726. The molecule has 0 unspecified atom stereocenters. The quantitative estimate of drug-likeness (QED) is 0.449. The van der Waals surface area contributed by atoms with Crippen LogP contribution in [0.15, 0.2) is 77.6 Å². The molecule has 5 rings (SSSR count). The van der Waals surface area contributed by atoms with Crippen LogP contribution in [0.2, 0.25) is 0 Å². The van der Waals surface area contributed by atoms with Crippen LogP contribution in [0.25, 0.3) is 16.9 Å². The molecule has 6 nitrogen and oxygen atoms in total. The summed E-state index contributed by atoms with van der Waals surface area (Å²) in [4.78, 5) is 27.8. The number of rotatable bonds is 5. The predicted octanol–water partition coefficient (Wildman–Crippen LogP) is 4.94. The van der Waals surface area contributed by atoms with E-state index >= 15 is 0 Å². The van der Waals surface area contributed by atoms with E-state index in [4.69, 9.17) is 5.10 Å². The van der Waals surface area contributed by atoms with Crippen LogP contribution in [0, 0.1) is 6.92 Å². The molecule has 1 aliphatic rings. The van der Waals surface area contributed by atoms with E-state index in [-0.39, 0.29) is 17.9 Å². The molecule has 1 fully saturated rings. The second kappa shape index (κ2) is 9.65. The fourth-order valence-corrected chi connectivity index (χ4v) is 4.87. The number of hydrogen-bond acceptors (Lipinski definition) is 4. The van der Waals surface area contributed by atoms with Crippen molar-refractivity contribution in [2.45, 2.75) is 25.8 Å². The van der Waals surface area contributed by atoms with Crippen molar-refractivity contribution in [3.63, 3.8) is 0 Å². The second-order valence-electron chi connectivity index (χ2n) is 8.59. The van der Waals surface area contributed by atoms with Crippen LogP contribution in [-0.4, -0.2) is 45.6 Å². The van der Waals surface area contributed by atoms with E-state index in [1.807, 2.05) is 89.4 Å². The Balaban J connectivity index is 1.35. The second-order valence-corrected chi connectivity index (χ2v) is 9.37. The van der Waals surface area contributed by atoms with Crippen LogP contribution in [0.3, 0.4) is 0 Å². The Bertz CT molecular complexity index is 1270. The maximum absolute atomic E-state index is 13.6. The van der Waals surface area contributed by atoms with E-state index in [0.717, 1.165) is 24.1 Å². The lowest BCUT2D eigenvalue weighted by Gasteiger charge is -2.32. The average molecular weight is 471 g/mol. The summed E-state index contributed by atoms with van der Waals surface area (Å²) in [7, 11) is 0. The molecule has 2 aromatic heterocycles. The van der Waals surface area contributed by atoms with Crippen LogP contribution in [0.1, 0.15) is 39.1 Å². The van der Waals surface area contributed by atoms with Gasteiger partial charge in [-0.15, -0.1) is 0 Å². The Labute approximate surface area is 202 Å². The van der Waals surface area contributed by atoms with E-state index in [9.17, 15) is 9.59 Å². The van der Waals surface area contributed by atoms with Crippen molar-refractivity contribution in [3.8, 4) is 16.9 Å². The topological polar surface area (TPSA) is 67.2 Å². The Morgan fingerprint density at radius 3 is 2.41 bits per heavy atom. The highest BCUT2D eigenvalue weighted by molar-refractivity contribution is 7.08. The number of carbonyl (C=O) groups is 2. The van der Waals surface area contributed by atoms with Crippen molar-refractivity contribution in [2.75, 3.05) is 13.1 Å².